The lowest BCUT2D eigenvalue weighted by atomic mass is 9.98. The number of fused-ring (bicyclic) bond motifs is 1. The monoisotopic (exact) mass is 422 g/mol. The molecule has 0 saturated carbocycles. The number of anilines is 1. The molecule has 1 aliphatic rings. The second-order valence-corrected chi connectivity index (χ2v) is 9.15. The number of hydrogen-bond donors (Lipinski definition) is 2. The summed E-state index contributed by atoms with van der Waals surface area (Å²) >= 11 is 1.85. The van der Waals surface area contributed by atoms with E-state index in [-0.39, 0.29) is 12.1 Å². The minimum absolute atomic E-state index is 0.0821. The topological polar surface area (TPSA) is 49.3 Å². The molecule has 0 fully saturated rings. The Bertz CT molecular complexity index is 1040. The number of rotatable bonds is 5. The van der Waals surface area contributed by atoms with Crippen molar-refractivity contribution in [1.29, 1.82) is 0 Å². The van der Waals surface area contributed by atoms with E-state index in [0.29, 0.717) is 0 Å². The van der Waals surface area contributed by atoms with Gasteiger partial charge in [-0.25, -0.2) is 4.79 Å². The highest BCUT2D eigenvalue weighted by atomic mass is 32.1. The standard InChI is InChI=1S/C24H30N4OS/c1-5-27-13-10-19-21(15-27)30-23(28-11-6-7-12-28)22(19)18(4)25-24(29)26-20-9-8-16(2)14-17(20)3/h6-9,11-12,14,18H,5,10,13,15H2,1-4H3,(H2,25,26,29). The number of benzene rings is 1. The van der Waals surface area contributed by atoms with Crippen molar-refractivity contribution >= 4 is 23.1 Å². The van der Waals surface area contributed by atoms with Crippen LogP contribution in [0.25, 0.3) is 5.00 Å². The summed E-state index contributed by atoms with van der Waals surface area (Å²) < 4.78 is 2.18. The van der Waals surface area contributed by atoms with Crippen LogP contribution < -0.4 is 10.6 Å². The van der Waals surface area contributed by atoms with Gasteiger partial charge in [-0.05, 0) is 63.1 Å². The summed E-state index contributed by atoms with van der Waals surface area (Å²) in [5.74, 6) is 0. The second kappa shape index (κ2) is 8.66. The Balaban J connectivity index is 1.59. The number of nitrogens with zero attached hydrogens (tertiary/aromatic N) is 2. The summed E-state index contributed by atoms with van der Waals surface area (Å²) in [7, 11) is 0. The second-order valence-electron chi connectivity index (χ2n) is 8.07. The van der Waals surface area contributed by atoms with E-state index in [0.717, 1.165) is 37.3 Å². The van der Waals surface area contributed by atoms with Crippen LogP contribution in [-0.4, -0.2) is 28.6 Å². The molecule has 4 rings (SSSR count). The van der Waals surface area contributed by atoms with Gasteiger partial charge in [0.2, 0.25) is 0 Å². The first-order valence-corrected chi connectivity index (χ1v) is 11.4. The highest BCUT2D eigenvalue weighted by Gasteiger charge is 2.28. The number of thiophene rings is 1. The number of carbonyl (C=O) groups excluding carboxylic acids is 1. The number of nitrogens with one attached hydrogen (secondary N) is 2. The van der Waals surface area contributed by atoms with Crippen LogP contribution in [0.4, 0.5) is 10.5 Å². The van der Waals surface area contributed by atoms with Crippen LogP contribution in [0.3, 0.4) is 0 Å². The molecular formula is C24H30N4OS. The Hall–Kier alpha value is -2.57. The van der Waals surface area contributed by atoms with Crippen LogP contribution >= 0.6 is 11.3 Å². The maximum Gasteiger partial charge on any atom is 0.319 e. The zero-order valence-corrected chi connectivity index (χ0v) is 19.0. The van der Waals surface area contributed by atoms with Crippen LogP contribution in [0, 0.1) is 13.8 Å². The third-order valence-corrected chi connectivity index (χ3v) is 7.10. The summed E-state index contributed by atoms with van der Waals surface area (Å²) in [4.78, 5) is 16.7. The van der Waals surface area contributed by atoms with Gasteiger partial charge in [0.25, 0.3) is 0 Å². The smallest absolute Gasteiger partial charge is 0.319 e. The van der Waals surface area contributed by atoms with Crippen LogP contribution in [-0.2, 0) is 13.0 Å². The van der Waals surface area contributed by atoms with Gasteiger partial charge < -0.3 is 15.2 Å². The van der Waals surface area contributed by atoms with E-state index in [1.165, 1.54) is 26.6 Å². The third-order valence-electron chi connectivity index (χ3n) is 5.85. The Morgan fingerprint density at radius 2 is 2.00 bits per heavy atom. The molecule has 0 spiro atoms. The number of amides is 2. The van der Waals surface area contributed by atoms with Gasteiger partial charge in [0.05, 0.1) is 6.04 Å². The molecule has 2 amide bonds. The van der Waals surface area contributed by atoms with Gasteiger partial charge in [-0.1, -0.05) is 24.6 Å². The van der Waals surface area contributed by atoms with Gasteiger partial charge in [0.1, 0.15) is 5.00 Å². The lowest BCUT2D eigenvalue weighted by Gasteiger charge is -2.26. The highest BCUT2D eigenvalue weighted by molar-refractivity contribution is 7.15. The minimum atomic E-state index is -0.168. The third kappa shape index (κ3) is 4.16. The Kier molecular flexibility index (Phi) is 5.97. The van der Waals surface area contributed by atoms with Crippen molar-refractivity contribution in [1.82, 2.24) is 14.8 Å². The minimum Gasteiger partial charge on any atom is -0.331 e. The average molecular weight is 423 g/mol. The van der Waals surface area contributed by atoms with E-state index in [2.05, 4.69) is 59.3 Å². The van der Waals surface area contributed by atoms with Gasteiger partial charge in [-0.3, -0.25) is 4.90 Å². The molecular weight excluding hydrogens is 392 g/mol. The predicted octanol–water partition coefficient (Wildman–Crippen LogP) is 5.42. The molecule has 1 aromatic carbocycles. The molecule has 1 aliphatic heterocycles. The first-order valence-electron chi connectivity index (χ1n) is 10.6. The van der Waals surface area contributed by atoms with Gasteiger partial charge in [-0.15, -0.1) is 11.3 Å². The van der Waals surface area contributed by atoms with Crippen molar-refractivity contribution in [3.8, 4) is 5.00 Å². The van der Waals surface area contributed by atoms with E-state index in [1.807, 2.05) is 42.5 Å². The lowest BCUT2D eigenvalue weighted by Crippen LogP contribution is -2.33. The number of likely N-dealkylation sites (N-methyl/N-ethyl adjacent to an activating group) is 1. The quantitative estimate of drug-likeness (QED) is 0.577. The summed E-state index contributed by atoms with van der Waals surface area (Å²) in [6.45, 7) is 11.5. The fraction of sp³-hybridized carbons (Fsp3) is 0.375. The lowest BCUT2D eigenvalue weighted by molar-refractivity contribution is 0.249. The molecule has 0 aliphatic carbocycles. The molecule has 2 aromatic heterocycles. The number of carbonyl (C=O) groups is 1. The molecule has 0 bridgehead atoms. The van der Waals surface area contributed by atoms with Gasteiger partial charge in [-0.2, -0.15) is 0 Å². The van der Waals surface area contributed by atoms with E-state index in [9.17, 15) is 4.79 Å². The fourth-order valence-electron chi connectivity index (χ4n) is 4.23. The van der Waals surface area contributed by atoms with Gasteiger partial charge in [0.15, 0.2) is 0 Å². The van der Waals surface area contributed by atoms with Crippen molar-refractivity contribution in [2.24, 2.45) is 0 Å². The highest BCUT2D eigenvalue weighted by Crippen LogP contribution is 2.39. The molecule has 3 aromatic rings. The van der Waals surface area contributed by atoms with Crippen molar-refractivity contribution in [3.63, 3.8) is 0 Å². The summed E-state index contributed by atoms with van der Waals surface area (Å²) in [6.07, 6.45) is 5.20. The van der Waals surface area contributed by atoms with Crippen molar-refractivity contribution in [3.05, 3.63) is 69.9 Å². The van der Waals surface area contributed by atoms with Crippen LogP contribution in [0.1, 0.15) is 47.0 Å². The number of hydrogen-bond acceptors (Lipinski definition) is 3. The average Bonchev–Trinajstić information content (AvgIpc) is 3.36. The first kappa shape index (κ1) is 20.7. The molecule has 0 radical (unpaired) electrons. The zero-order valence-electron chi connectivity index (χ0n) is 18.2. The first-order chi connectivity index (χ1) is 14.5. The van der Waals surface area contributed by atoms with Gasteiger partial charge in [0, 0.05) is 41.6 Å². The van der Waals surface area contributed by atoms with Crippen molar-refractivity contribution < 1.29 is 4.79 Å². The van der Waals surface area contributed by atoms with Gasteiger partial charge >= 0.3 is 6.03 Å². The molecule has 5 nitrogen and oxygen atoms in total. The Morgan fingerprint density at radius 1 is 1.23 bits per heavy atom. The number of urea groups is 1. The molecule has 30 heavy (non-hydrogen) atoms. The Labute approximate surface area is 182 Å². The van der Waals surface area contributed by atoms with E-state index >= 15 is 0 Å². The summed E-state index contributed by atoms with van der Waals surface area (Å²) in [5, 5.41) is 7.41. The Morgan fingerprint density at radius 3 is 2.70 bits per heavy atom. The maximum atomic E-state index is 12.8. The van der Waals surface area contributed by atoms with Crippen molar-refractivity contribution in [2.45, 2.75) is 46.7 Å². The zero-order chi connectivity index (χ0) is 21.3. The SMILES string of the molecule is CCN1CCc2c(sc(-n3cccc3)c2C(C)NC(=O)Nc2ccc(C)cc2C)C1. The molecule has 3 heterocycles. The fourth-order valence-corrected chi connectivity index (χ4v) is 5.68. The summed E-state index contributed by atoms with van der Waals surface area (Å²) in [6, 6.07) is 9.91. The molecule has 1 atom stereocenters. The number of aryl methyl sites for hydroxylation is 2. The van der Waals surface area contributed by atoms with E-state index in [4.69, 9.17) is 0 Å². The molecule has 158 valence electrons. The molecule has 0 saturated heterocycles. The maximum absolute atomic E-state index is 12.8. The predicted molar refractivity (Wildman–Crippen MR) is 125 cm³/mol. The van der Waals surface area contributed by atoms with Crippen molar-refractivity contribution in [2.75, 3.05) is 18.4 Å². The molecule has 2 N–H and O–H groups in total. The van der Waals surface area contributed by atoms with Crippen LogP contribution in [0.15, 0.2) is 42.7 Å². The molecule has 6 heteroatoms. The number of aromatic nitrogens is 1. The van der Waals surface area contributed by atoms with E-state index in [1.54, 1.807) is 0 Å². The van der Waals surface area contributed by atoms with Crippen LogP contribution in [0.5, 0.6) is 0 Å². The summed E-state index contributed by atoms with van der Waals surface area (Å²) in [5.41, 5.74) is 5.76. The van der Waals surface area contributed by atoms with E-state index < -0.39 is 0 Å². The van der Waals surface area contributed by atoms with Crippen LogP contribution in [0.2, 0.25) is 0 Å². The molecule has 1 unspecified atom stereocenters. The normalized spacial score (nSPS) is 14.9. The largest absolute Gasteiger partial charge is 0.331 e.